The van der Waals surface area contributed by atoms with Crippen molar-refractivity contribution in [2.45, 2.75) is 11.4 Å². The first-order valence-corrected chi connectivity index (χ1v) is 9.53. The predicted octanol–water partition coefficient (Wildman–Crippen LogP) is 1.52. The average molecular weight is 348 g/mol. The Morgan fingerprint density at radius 2 is 2.00 bits per heavy atom. The first-order valence-electron chi connectivity index (χ1n) is 7.21. The maximum absolute atomic E-state index is 12.7. The Balaban J connectivity index is 1.70. The quantitative estimate of drug-likeness (QED) is 0.837. The summed E-state index contributed by atoms with van der Waals surface area (Å²) in [4.78, 5) is 7.36. The van der Waals surface area contributed by atoms with Gasteiger partial charge in [0.2, 0.25) is 10.0 Å². The van der Waals surface area contributed by atoms with Crippen LogP contribution in [0.2, 0.25) is 0 Å². The van der Waals surface area contributed by atoms with Crippen LogP contribution >= 0.6 is 11.3 Å². The number of piperazine rings is 1. The molecule has 1 saturated heterocycles. The lowest BCUT2D eigenvalue weighted by molar-refractivity contribution is 0.183. The fourth-order valence-corrected chi connectivity index (χ4v) is 4.83. The smallest absolute Gasteiger partial charge is 0.246 e. The van der Waals surface area contributed by atoms with Crippen molar-refractivity contribution in [3.05, 3.63) is 46.4 Å². The number of sulfonamides is 1. The molecule has 0 radical (unpaired) electrons. The van der Waals surface area contributed by atoms with Gasteiger partial charge in [0.25, 0.3) is 0 Å². The van der Waals surface area contributed by atoms with Crippen LogP contribution in [0.4, 0.5) is 0 Å². The number of hydrogen-bond acceptors (Lipinski definition) is 6. The number of nitrogens with zero attached hydrogens (tertiary/aromatic N) is 4. The highest BCUT2D eigenvalue weighted by molar-refractivity contribution is 7.89. The lowest BCUT2D eigenvalue weighted by atomic mass is 10.3. The molecule has 120 valence electrons. The second-order valence-corrected chi connectivity index (χ2v) is 8.16. The zero-order valence-corrected chi connectivity index (χ0v) is 14.1. The van der Waals surface area contributed by atoms with Gasteiger partial charge in [0.05, 0.1) is 0 Å². The lowest BCUT2D eigenvalue weighted by Gasteiger charge is -2.33. The molecule has 23 heavy (non-hydrogen) atoms. The van der Waals surface area contributed by atoms with Crippen molar-refractivity contribution >= 4 is 21.4 Å². The molecule has 1 aliphatic heterocycles. The molecule has 1 aliphatic rings. The molecule has 2 aromatic rings. The van der Waals surface area contributed by atoms with Gasteiger partial charge in [-0.3, -0.25) is 4.90 Å². The molecule has 3 rings (SSSR count). The van der Waals surface area contributed by atoms with Crippen molar-refractivity contribution in [3.63, 3.8) is 0 Å². The van der Waals surface area contributed by atoms with E-state index in [0.29, 0.717) is 26.2 Å². The van der Waals surface area contributed by atoms with Crippen molar-refractivity contribution in [3.8, 4) is 6.07 Å². The molecule has 0 aromatic carbocycles. The van der Waals surface area contributed by atoms with Gasteiger partial charge >= 0.3 is 0 Å². The summed E-state index contributed by atoms with van der Waals surface area (Å²) in [5.74, 6) is 0. The largest absolute Gasteiger partial charge is 0.296 e. The zero-order valence-electron chi connectivity index (χ0n) is 12.4. The maximum Gasteiger partial charge on any atom is 0.246 e. The second kappa shape index (κ2) is 6.76. The Kier molecular flexibility index (Phi) is 4.73. The summed E-state index contributed by atoms with van der Waals surface area (Å²) in [6, 6.07) is 8.95. The Morgan fingerprint density at radius 1 is 1.22 bits per heavy atom. The molecule has 0 aliphatic carbocycles. The standard InChI is InChI=1S/C15H16N4O2S2/c16-11-14-15(4-1-5-17-14)23(20,21)19-8-6-18(7-9-19)12-13-3-2-10-22-13/h1-5,10H,6-9,12H2. The topological polar surface area (TPSA) is 77.3 Å². The molecule has 0 amide bonds. The van der Waals surface area contributed by atoms with Crippen LogP contribution in [0.25, 0.3) is 0 Å². The van der Waals surface area contributed by atoms with Crippen molar-refractivity contribution in [1.82, 2.24) is 14.2 Å². The first-order chi connectivity index (χ1) is 11.1. The van der Waals surface area contributed by atoms with Gasteiger partial charge in [-0.25, -0.2) is 13.4 Å². The average Bonchev–Trinajstić information content (AvgIpc) is 3.08. The summed E-state index contributed by atoms with van der Waals surface area (Å²) in [6.07, 6.45) is 1.43. The number of hydrogen-bond donors (Lipinski definition) is 0. The van der Waals surface area contributed by atoms with Crippen molar-refractivity contribution in [1.29, 1.82) is 5.26 Å². The molecule has 3 heterocycles. The van der Waals surface area contributed by atoms with E-state index in [4.69, 9.17) is 5.26 Å². The molecule has 0 atom stereocenters. The minimum absolute atomic E-state index is 0.00536. The van der Waals surface area contributed by atoms with E-state index in [9.17, 15) is 8.42 Å². The number of pyridine rings is 1. The Labute approximate surface area is 139 Å². The van der Waals surface area contributed by atoms with Crippen LogP contribution in [-0.4, -0.2) is 48.8 Å². The number of nitriles is 1. The van der Waals surface area contributed by atoms with Crippen LogP contribution in [0.1, 0.15) is 10.6 Å². The third kappa shape index (κ3) is 3.43. The van der Waals surface area contributed by atoms with Gasteiger partial charge in [-0.2, -0.15) is 9.57 Å². The summed E-state index contributed by atoms with van der Waals surface area (Å²) in [5.41, 5.74) is -0.0477. The van der Waals surface area contributed by atoms with Crippen LogP contribution in [0, 0.1) is 11.3 Å². The van der Waals surface area contributed by atoms with Crippen LogP contribution in [0.3, 0.4) is 0 Å². The molecular formula is C15H16N4O2S2. The summed E-state index contributed by atoms with van der Waals surface area (Å²) in [7, 11) is -3.67. The van der Waals surface area contributed by atoms with E-state index in [1.807, 2.05) is 17.5 Å². The van der Waals surface area contributed by atoms with Gasteiger partial charge < -0.3 is 0 Å². The molecule has 0 spiro atoms. The summed E-state index contributed by atoms with van der Waals surface area (Å²) in [6.45, 7) is 3.06. The summed E-state index contributed by atoms with van der Waals surface area (Å²) < 4.78 is 26.9. The SMILES string of the molecule is N#Cc1ncccc1S(=O)(=O)N1CCN(Cc2cccs2)CC1. The molecule has 0 unspecified atom stereocenters. The number of thiophene rings is 1. The van der Waals surface area contributed by atoms with Crippen LogP contribution < -0.4 is 0 Å². The molecule has 6 nitrogen and oxygen atoms in total. The van der Waals surface area contributed by atoms with Gasteiger partial charge in [-0.05, 0) is 23.6 Å². The minimum Gasteiger partial charge on any atom is -0.296 e. The monoisotopic (exact) mass is 348 g/mol. The second-order valence-electron chi connectivity index (χ2n) is 5.22. The van der Waals surface area contributed by atoms with E-state index < -0.39 is 10.0 Å². The Hall–Kier alpha value is -1.79. The van der Waals surface area contributed by atoms with Gasteiger partial charge in [0.1, 0.15) is 11.0 Å². The highest BCUT2D eigenvalue weighted by atomic mass is 32.2. The minimum atomic E-state index is -3.67. The van der Waals surface area contributed by atoms with E-state index in [-0.39, 0.29) is 10.6 Å². The van der Waals surface area contributed by atoms with Gasteiger partial charge in [-0.1, -0.05) is 6.07 Å². The van der Waals surface area contributed by atoms with Crippen molar-refractivity contribution in [2.75, 3.05) is 26.2 Å². The van der Waals surface area contributed by atoms with Crippen LogP contribution in [-0.2, 0) is 16.6 Å². The van der Waals surface area contributed by atoms with Crippen molar-refractivity contribution in [2.24, 2.45) is 0 Å². The lowest BCUT2D eigenvalue weighted by Crippen LogP contribution is -2.48. The first kappa shape index (κ1) is 16.1. The Morgan fingerprint density at radius 3 is 2.65 bits per heavy atom. The molecule has 2 aromatic heterocycles. The number of rotatable bonds is 4. The molecule has 0 bridgehead atoms. The van der Waals surface area contributed by atoms with E-state index in [1.54, 1.807) is 17.4 Å². The van der Waals surface area contributed by atoms with E-state index >= 15 is 0 Å². The fourth-order valence-electron chi connectivity index (χ4n) is 2.57. The highest BCUT2D eigenvalue weighted by Crippen LogP contribution is 2.21. The maximum atomic E-state index is 12.7. The van der Waals surface area contributed by atoms with Crippen LogP contribution in [0.5, 0.6) is 0 Å². The van der Waals surface area contributed by atoms with Crippen LogP contribution in [0.15, 0.2) is 40.7 Å². The number of aromatic nitrogens is 1. The molecular weight excluding hydrogens is 332 g/mol. The highest BCUT2D eigenvalue weighted by Gasteiger charge is 2.30. The van der Waals surface area contributed by atoms with Gasteiger partial charge in [-0.15, -0.1) is 11.3 Å². The Bertz CT molecular complexity index is 804. The third-order valence-electron chi connectivity index (χ3n) is 3.79. The normalized spacial score (nSPS) is 17.0. The predicted molar refractivity (Wildman–Crippen MR) is 87.3 cm³/mol. The van der Waals surface area contributed by atoms with E-state index in [2.05, 4.69) is 16.0 Å². The van der Waals surface area contributed by atoms with Crippen molar-refractivity contribution < 1.29 is 8.42 Å². The third-order valence-corrected chi connectivity index (χ3v) is 6.58. The molecule has 1 fully saturated rings. The zero-order chi connectivity index (χ0) is 16.3. The summed E-state index contributed by atoms with van der Waals surface area (Å²) >= 11 is 1.71. The van der Waals surface area contributed by atoms with E-state index in [1.165, 1.54) is 21.4 Å². The molecule has 0 saturated carbocycles. The fraction of sp³-hybridized carbons (Fsp3) is 0.333. The van der Waals surface area contributed by atoms with Gasteiger partial charge in [0.15, 0.2) is 5.69 Å². The van der Waals surface area contributed by atoms with Gasteiger partial charge in [0, 0.05) is 43.8 Å². The molecule has 0 N–H and O–H groups in total. The summed E-state index contributed by atoms with van der Waals surface area (Å²) in [5, 5.41) is 11.1. The van der Waals surface area contributed by atoms with E-state index in [0.717, 1.165) is 6.54 Å². The molecule has 8 heteroatoms.